The normalized spacial score (nSPS) is 18.9. The first-order chi connectivity index (χ1) is 9.72. The summed E-state index contributed by atoms with van der Waals surface area (Å²) in [5, 5.41) is 7.20. The highest BCUT2D eigenvalue weighted by Crippen LogP contribution is 2.16. The van der Waals surface area contributed by atoms with Gasteiger partial charge in [-0.3, -0.25) is 4.79 Å². The summed E-state index contributed by atoms with van der Waals surface area (Å²) in [7, 11) is 0. The number of nitrogens with zero attached hydrogens (tertiary/aromatic N) is 2. The molecule has 1 amide bonds. The van der Waals surface area contributed by atoms with Crippen molar-refractivity contribution in [2.75, 3.05) is 13.2 Å². The SMILES string of the molecule is Cc1ccc(-n2cccn2)cc1CC1COCC(=O)N1. The van der Waals surface area contributed by atoms with Crippen LogP contribution < -0.4 is 5.32 Å². The molecule has 3 rings (SSSR count). The van der Waals surface area contributed by atoms with Crippen molar-refractivity contribution in [3.05, 3.63) is 47.8 Å². The Morgan fingerprint density at radius 2 is 2.40 bits per heavy atom. The third-order valence-electron chi connectivity index (χ3n) is 3.49. The third kappa shape index (κ3) is 2.72. The Labute approximate surface area is 117 Å². The van der Waals surface area contributed by atoms with Crippen molar-refractivity contribution in [2.45, 2.75) is 19.4 Å². The Morgan fingerprint density at radius 3 is 3.15 bits per heavy atom. The summed E-state index contributed by atoms with van der Waals surface area (Å²) in [6, 6.07) is 8.18. The molecule has 1 N–H and O–H groups in total. The molecule has 1 saturated heterocycles. The smallest absolute Gasteiger partial charge is 0.246 e. The maximum atomic E-state index is 11.4. The van der Waals surface area contributed by atoms with Gasteiger partial charge in [-0.15, -0.1) is 0 Å². The van der Waals surface area contributed by atoms with Crippen molar-refractivity contribution in [1.29, 1.82) is 0 Å². The molecule has 1 aromatic carbocycles. The predicted molar refractivity (Wildman–Crippen MR) is 74.8 cm³/mol. The number of aryl methyl sites for hydroxylation is 1. The molecule has 1 atom stereocenters. The van der Waals surface area contributed by atoms with Crippen molar-refractivity contribution in [1.82, 2.24) is 15.1 Å². The van der Waals surface area contributed by atoms with E-state index in [0.717, 1.165) is 12.1 Å². The molecular weight excluding hydrogens is 254 g/mol. The van der Waals surface area contributed by atoms with E-state index >= 15 is 0 Å². The first kappa shape index (κ1) is 12.9. The van der Waals surface area contributed by atoms with Crippen LogP contribution in [0, 0.1) is 6.92 Å². The van der Waals surface area contributed by atoms with Crippen molar-refractivity contribution >= 4 is 5.91 Å². The number of nitrogens with one attached hydrogen (secondary N) is 1. The quantitative estimate of drug-likeness (QED) is 0.913. The Bertz CT molecular complexity index is 608. The third-order valence-corrected chi connectivity index (χ3v) is 3.49. The number of hydrogen-bond donors (Lipinski definition) is 1. The summed E-state index contributed by atoms with van der Waals surface area (Å²) in [6.45, 7) is 2.81. The summed E-state index contributed by atoms with van der Waals surface area (Å²) >= 11 is 0. The van der Waals surface area contributed by atoms with Gasteiger partial charge in [-0.25, -0.2) is 4.68 Å². The van der Waals surface area contributed by atoms with Gasteiger partial charge in [0.15, 0.2) is 0 Å². The lowest BCUT2D eigenvalue weighted by atomic mass is 10.00. The summed E-state index contributed by atoms with van der Waals surface area (Å²) in [4.78, 5) is 11.4. The van der Waals surface area contributed by atoms with Crippen LogP contribution in [-0.4, -0.2) is 34.9 Å². The van der Waals surface area contributed by atoms with Gasteiger partial charge >= 0.3 is 0 Å². The first-order valence-corrected chi connectivity index (χ1v) is 6.69. The first-order valence-electron chi connectivity index (χ1n) is 6.69. The van der Waals surface area contributed by atoms with Gasteiger partial charge in [0.1, 0.15) is 6.61 Å². The number of hydrogen-bond acceptors (Lipinski definition) is 3. The number of ether oxygens (including phenoxy) is 1. The topological polar surface area (TPSA) is 56.2 Å². The number of morpholine rings is 1. The highest BCUT2D eigenvalue weighted by atomic mass is 16.5. The number of rotatable bonds is 3. The number of amides is 1. The van der Waals surface area contributed by atoms with Crippen molar-refractivity contribution in [3.63, 3.8) is 0 Å². The van der Waals surface area contributed by atoms with Crippen molar-refractivity contribution in [2.24, 2.45) is 0 Å². The zero-order valence-corrected chi connectivity index (χ0v) is 11.4. The van der Waals surface area contributed by atoms with Crippen molar-refractivity contribution < 1.29 is 9.53 Å². The molecule has 0 bridgehead atoms. The molecule has 5 nitrogen and oxygen atoms in total. The minimum absolute atomic E-state index is 0.0397. The lowest BCUT2D eigenvalue weighted by molar-refractivity contribution is -0.131. The fourth-order valence-corrected chi connectivity index (χ4v) is 2.42. The van der Waals surface area contributed by atoms with Gasteiger partial charge in [0, 0.05) is 12.4 Å². The van der Waals surface area contributed by atoms with Crippen LogP contribution in [0.4, 0.5) is 0 Å². The van der Waals surface area contributed by atoms with Gasteiger partial charge in [-0.1, -0.05) is 6.07 Å². The van der Waals surface area contributed by atoms with Gasteiger partial charge in [-0.05, 0) is 42.7 Å². The molecule has 0 spiro atoms. The molecular formula is C15H17N3O2. The van der Waals surface area contributed by atoms with E-state index in [0.29, 0.717) is 6.61 Å². The maximum absolute atomic E-state index is 11.4. The van der Waals surface area contributed by atoms with E-state index in [1.165, 1.54) is 11.1 Å². The van der Waals surface area contributed by atoms with Crippen LogP contribution in [0.5, 0.6) is 0 Å². The molecule has 0 radical (unpaired) electrons. The fraction of sp³-hybridized carbons (Fsp3) is 0.333. The van der Waals surface area contributed by atoms with Crippen LogP contribution >= 0.6 is 0 Å². The molecule has 1 aromatic heterocycles. The van der Waals surface area contributed by atoms with Gasteiger partial charge in [0.05, 0.1) is 18.3 Å². The maximum Gasteiger partial charge on any atom is 0.246 e. The van der Waals surface area contributed by atoms with E-state index in [1.807, 2.05) is 23.0 Å². The van der Waals surface area contributed by atoms with Gasteiger partial charge in [0.2, 0.25) is 5.91 Å². The van der Waals surface area contributed by atoms with E-state index in [2.05, 4.69) is 29.5 Å². The van der Waals surface area contributed by atoms with E-state index in [4.69, 9.17) is 4.74 Å². The zero-order chi connectivity index (χ0) is 13.9. The Kier molecular flexibility index (Phi) is 3.52. The molecule has 1 fully saturated rings. The minimum atomic E-state index is -0.0397. The standard InChI is InChI=1S/C15H17N3O2/c1-11-3-4-14(18-6-2-5-16-18)8-12(11)7-13-9-20-10-15(19)17-13/h2-6,8,13H,7,9-10H2,1H3,(H,17,19). The predicted octanol–water partition coefficient (Wildman–Crippen LogP) is 1.24. The molecule has 1 aliphatic heterocycles. The van der Waals surface area contributed by atoms with Crippen LogP contribution in [-0.2, 0) is 16.0 Å². The van der Waals surface area contributed by atoms with Crippen molar-refractivity contribution in [3.8, 4) is 5.69 Å². The number of benzene rings is 1. The fourth-order valence-electron chi connectivity index (χ4n) is 2.42. The van der Waals surface area contributed by atoms with E-state index in [9.17, 15) is 4.79 Å². The van der Waals surface area contributed by atoms with Gasteiger partial charge in [0.25, 0.3) is 0 Å². The summed E-state index contributed by atoms with van der Waals surface area (Å²) < 4.78 is 7.11. The van der Waals surface area contributed by atoms with Gasteiger partial charge in [-0.2, -0.15) is 5.10 Å². The van der Waals surface area contributed by atoms with Crippen LogP contribution in [0.25, 0.3) is 5.69 Å². The second-order valence-electron chi connectivity index (χ2n) is 5.05. The van der Waals surface area contributed by atoms with Crippen LogP contribution in [0.2, 0.25) is 0 Å². The van der Waals surface area contributed by atoms with Crippen LogP contribution in [0.3, 0.4) is 0 Å². The second kappa shape index (κ2) is 5.46. The second-order valence-corrected chi connectivity index (χ2v) is 5.05. The van der Waals surface area contributed by atoms with Crippen LogP contribution in [0.15, 0.2) is 36.7 Å². The summed E-state index contributed by atoms with van der Waals surface area (Å²) in [5.74, 6) is -0.0397. The molecule has 20 heavy (non-hydrogen) atoms. The average molecular weight is 271 g/mol. The molecule has 1 unspecified atom stereocenters. The highest BCUT2D eigenvalue weighted by Gasteiger charge is 2.19. The van der Waals surface area contributed by atoms with E-state index < -0.39 is 0 Å². The minimum Gasteiger partial charge on any atom is -0.369 e. The molecule has 0 saturated carbocycles. The molecule has 5 heteroatoms. The number of aromatic nitrogens is 2. The Morgan fingerprint density at radius 1 is 1.50 bits per heavy atom. The van der Waals surface area contributed by atoms with Crippen LogP contribution in [0.1, 0.15) is 11.1 Å². The number of carbonyl (C=O) groups excluding carboxylic acids is 1. The molecule has 104 valence electrons. The Hall–Kier alpha value is -2.14. The zero-order valence-electron chi connectivity index (χ0n) is 11.4. The largest absolute Gasteiger partial charge is 0.369 e. The van der Waals surface area contributed by atoms with Gasteiger partial charge < -0.3 is 10.1 Å². The summed E-state index contributed by atoms with van der Waals surface area (Å²) in [6.07, 6.45) is 4.45. The molecule has 0 aliphatic carbocycles. The molecule has 1 aliphatic rings. The van der Waals surface area contributed by atoms with E-state index in [1.54, 1.807) is 6.20 Å². The average Bonchev–Trinajstić information content (AvgIpc) is 2.95. The lowest BCUT2D eigenvalue weighted by Crippen LogP contribution is -2.46. The van der Waals surface area contributed by atoms with E-state index in [-0.39, 0.29) is 18.6 Å². The number of carbonyl (C=O) groups is 1. The Balaban J connectivity index is 1.81. The molecule has 2 aromatic rings. The monoisotopic (exact) mass is 271 g/mol. The highest BCUT2D eigenvalue weighted by molar-refractivity contribution is 5.78. The summed E-state index contributed by atoms with van der Waals surface area (Å²) in [5.41, 5.74) is 3.44. The molecule has 2 heterocycles. The lowest BCUT2D eigenvalue weighted by Gasteiger charge is -2.24.